The lowest BCUT2D eigenvalue weighted by molar-refractivity contribution is -1.92. The van der Waals surface area contributed by atoms with Gasteiger partial charge >= 0.3 is 0 Å². The second kappa shape index (κ2) is 10.7. The zero-order valence-electron chi connectivity index (χ0n) is 15.1. The van der Waals surface area contributed by atoms with Gasteiger partial charge in [0.25, 0.3) is 0 Å². The van der Waals surface area contributed by atoms with Gasteiger partial charge in [-0.1, -0.05) is 36.4 Å². The Morgan fingerprint density at radius 2 is 1.35 bits per heavy atom. The highest BCUT2D eigenvalue weighted by Crippen LogP contribution is 2.13. The molecule has 0 amide bonds. The van der Waals surface area contributed by atoms with Crippen molar-refractivity contribution in [2.24, 2.45) is 0 Å². The van der Waals surface area contributed by atoms with E-state index in [9.17, 15) is 0 Å². The van der Waals surface area contributed by atoms with Crippen LogP contribution in [0, 0.1) is 10.2 Å². The van der Waals surface area contributed by atoms with Crippen LogP contribution in [-0.4, -0.2) is 18.8 Å². The van der Waals surface area contributed by atoms with Crippen molar-refractivity contribution in [2.75, 3.05) is 19.0 Å². The molecule has 1 heterocycles. The molecule has 0 saturated carbocycles. The fourth-order valence-electron chi connectivity index (χ4n) is 2.01. The van der Waals surface area contributed by atoms with Crippen LogP contribution in [0.2, 0.25) is 0 Å². The number of halogens is 1. The summed E-state index contributed by atoms with van der Waals surface area (Å²) in [7, 11) is -0.592. The van der Waals surface area contributed by atoms with Crippen LogP contribution in [-0.2, 0) is 6.54 Å². The minimum absolute atomic E-state index is 1.01. The van der Waals surface area contributed by atoms with E-state index in [1.165, 1.54) is 16.8 Å². The van der Waals surface area contributed by atoms with Crippen molar-refractivity contribution < 1.29 is 33.4 Å². The van der Waals surface area contributed by atoms with E-state index in [4.69, 9.17) is 18.6 Å². The molecule has 0 fully saturated rings. The molecule has 0 aliphatic carbocycles. The molecule has 1 aromatic heterocycles. The molecule has 0 spiro atoms. The first kappa shape index (κ1) is 21.8. The molecule has 1 N–H and O–H groups in total. The standard InChI is InChI=1S/C19H23N2.ClHO4/c1-4-21-15-13-18(14-16-21)8-6-5-7-17-9-11-19(12-10-17)20(2)3;2-1(3,4)5/h5-16H,4H2,1-3H3;(H,2,3,4,5)/q+1;. The van der Waals surface area contributed by atoms with Gasteiger partial charge in [0.15, 0.2) is 12.4 Å². The van der Waals surface area contributed by atoms with Gasteiger partial charge in [-0.25, -0.2) is 4.57 Å². The lowest BCUT2D eigenvalue weighted by Gasteiger charge is -2.11. The average Bonchev–Trinajstić information content (AvgIpc) is 2.58. The molecule has 0 saturated heterocycles. The molecule has 6 nitrogen and oxygen atoms in total. The minimum atomic E-state index is -4.69. The number of pyridine rings is 1. The number of hydrogen-bond donors (Lipinski definition) is 1. The van der Waals surface area contributed by atoms with Crippen molar-refractivity contribution in [1.29, 1.82) is 0 Å². The maximum absolute atomic E-state index is 8.60. The van der Waals surface area contributed by atoms with Crippen LogP contribution in [0.4, 0.5) is 5.69 Å². The zero-order valence-corrected chi connectivity index (χ0v) is 15.8. The van der Waals surface area contributed by atoms with Crippen molar-refractivity contribution >= 4 is 17.8 Å². The summed E-state index contributed by atoms with van der Waals surface area (Å²) < 4.78 is 34.9. The van der Waals surface area contributed by atoms with Crippen molar-refractivity contribution in [1.82, 2.24) is 0 Å². The monoisotopic (exact) mass is 379 g/mol. The maximum Gasteiger partial charge on any atom is 0.169 e. The van der Waals surface area contributed by atoms with Crippen molar-refractivity contribution in [3.63, 3.8) is 0 Å². The molecule has 1 aromatic carbocycles. The first-order valence-corrected chi connectivity index (χ1v) is 9.20. The molecule has 26 heavy (non-hydrogen) atoms. The van der Waals surface area contributed by atoms with Crippen LogP contribution >= 0.6 is 0 Å². The Hall–Kier alpha value is -2.22. The highest BCUT2D eigenvalue weighted by molar-refractivity contribution is 5.59. The number of anilines is 1. The Bertz CT molecular complexity index is 700. The van der Waals surface area contributed by atoms with Crippen LogP contribution in [0.1, 0.15) is 18.1 Å². The van der Waals surface area contributed by atoms with Gasteiger partial charge in [-0.15, -0.1) is 0 Å². The number of aryl methyl sites for hydroxylation is 1. The molecule has 0 radical (unpaired) electrons. The summed E-state index contributed by atoms with van der Waals surface area (Å²) in [6.45, 7) is 3.15. The molecule has 0 aliphatic heterocycles. The summed E-state index contributed by atoms with van der Waals surface area (Å²) in [5, 5.41) is 0. The van der Waals surface area contributed by atoms with Gasteiger partial charge in [0.2, 0.25) is 0 Å². The quantitative estimate of drug-likeness (QED) is 0.566. The third kappa shape index (κ3) is 9.93. The summed E-state index contributed by atoms with van der Waals surface area (Å²) in [6, 6.07) is 12.8. The highest BCUT2D eigenvalue weighted by Gasteiger charge is 1.99. The van der Waals surface area contributed by atoms with Crippen molar-refractivity contribution in [3.8, 4) is 0 Å². The van der Waals surface area contributed by atoms with Gasteiger partial charge in [0.1, 0.15) is 6.54 Å². The SMILES string of the molecule is CC[n+]1ccc(C=CC=Cc2ccc(N(C)C)cc2)cc1.[O-][Cl+3]([O-])([O-])O. The topological polar surface area (TPSA) is 96.5 Å². The number of hydrogen-bond acceptors (Lipinski definition) is 5. The summed E-state index contributed by atoms with van der Waals surface area (Å²) in [5.74, 6) is 0. The van der Waals surface area contributed by atoms with Gasteiger partial charge in [0, 0.05) is 31.9 Å². The number of allylic oxidation sites excluding steroid dienone is 2. The van der Waals surface area contributed by atoms with Gasteiger partial charge < -0.3 is 4.90 Å². The second-order valence-electron chi connectivity index (χ2n) is 5.56. The first-order chi connectivity index (χ1) is 12.2. The Labute approximate surface area is 156 Å². The summed E-state index contributed by atoms with van der Waals surface area (Å²) >= 11 is 0. The predicted molar refractivity (Wildman–Crippen MR) is 93.4 cm³/mol. The van der Waals surface area contributed by atoms with Crippen LogP contribution in [0.3, 0.4) is 0 Å². The molecule has 0 aliphatic rings. The number of rotatable bonds is 5. The predicted octanol–water partition coefficient (Wildman–Crippen LogP) is -0.337. The van der Waals surface area contributed by atoms with E-state index in [-0.39, 0.29) is 0 Å². The van der Waals surface area contributed by atoms with E-state index in [0.29, 0.717) is 0 Å². The normalized spacial score (nSPS) is 11.5. The smallest absolute Gasteiger partial charge is 0.169 e. The van der Waals surface area contributed by atoms with Gasteiger partial charge in [-0.3, -0.25) is 0 Å². The van der Waals surface area contributed by atoms with Crippen molar-refractivity contribution in [3.05, 3.63) is 72.1 Å². The van der Waals surface area contributed by atoms with Crippen molar-refractivity contribution in [2.45, 2.75) is 13.5 Å². The number of aromatic nitrogens is 1. The third-order valence-electron chi connectivity index (χ3n) is 3.38. The molecule has 0 bridgehead atoms. The third-order valence-corrected chi connectivity index (χ3v) is 3.38. The van der Waals surface area contributed by atoms with E-state index in [1.54, 1.807) is 0 Å². The molecule has 2 aromatic rings. The molecule has 2 rings (SSSR count). The van der Waals surface area contributed by atoms with E-state index >= 15 is 0 Å². The molecule has 7 heteroatoms. The highest BCUT2D eigenvalue weighted by atomic mass is 35.7. The minimum Gasteiger partial charge on any atom is -0.378 e. The zero-order chi connectivity index (χ0) is 19.6. The average molecular weight is 380 g/mol. The van der Waals surface area contributed by atoms with Gasteiger partial charge in [0.05, 0.1) is 14.9 Å². The lowest BCUT2D eigenvalue weighted by atomic mass is 10.2. The summed E-state index contributed by atoms with van der Waals surface area (Å²) in [5.41, 5.74) is 3.64. The summed E-state index contributed by atoms with van der Waals surface area (Å²) in [6.07, 6.45) is 12.6. The Balaban J connectivity index is 0.000000597. The van der Waals surface area contributed by atoms with Crippen LogP contribution < -0.4 is 23.4 Å². The Morgan fingerprint density at radius 1 is 0.923 bits per heavy atom. The van der Waals surface area contributed by atoms with E-state index in [0.717, 1.165) is 6.54 Å². The maximum atomic E-state index is 8.60. The van der Waals surface area contributed by atoms with E-state index in [1.807, 2.05) is 0 Å². The second-order valence-corrected chi connectivity index (χ2v) is 6.35. The van der Waals surface area contributed by atoms with Crippen LogP contribution in [0.15, 0.2) is 60.9 Å². The van der Waals surface area contributed by atoms with Gasteiger partial charge in [-0.05, 0) is 30.2 Å². The molecule has 0 unspecified atom stereocenters. The van der Waals surface area contributed by atoms with E-state index in [2.05, 4.69) is 104 Å². The van der Waals surface area contributed by atoms with Crippen LogP contribution in [0.5, 0.6) is 0 Å². The molecular formula is C19H24ClN2O4+. The number of nitrogens with zero attached hydrogens (tertiary/aromatic N) is 2. The fourth-order valence-corrected chi connectivity index (χ4v) is 2.01. The Morgan fingerprint density at radius 3 is 1.73 bits per heavy atom. The first-order valence-electron chi connectivity index (χ1n) is 7.93. The summed E-state index contributed by atoms with van der Waals surface area (Å²) in [4.78, 5) is 2.10. The Kier molecular flexibility index (Phi) is 8.98. The van der Waals surface area contributed by atoms with E-state index < -0.39 is 10.2 Å². The number of benzene rings is 1. The molecular weight excluding hydrogens is 356 g/mol. The van der Waals surface area contributed by atoms with Gasteiger partial charge in [-0.2, -0.15) is 14.0 Å². The molecule has 140 valence electrons. The largest absolute Gasteiger partial charge is 0.378 e. The lowest BCUT2D eigenvalue weighted by Crippen LogP contribution is -2.58. The molecule has 0 atom stereocenters. The fraction of sp³-hybridized carbons (Fsp3) is 0.211. The van der Waals surface area contributed by atoms with Crippen LogP contribution in [0.25, 0.3) is 12.2 Å².